The van der Waals surface area contributed by atoms with Crippen LogP contribution in [-0.4, -0.2) is 31.1 Å². The highest BCUT2D eigenvalue weighted by Gasteiger charge is 2.19. The third-order valence-electron chi connectivity index (χ3n) is 1.65. The molecule has 0 aromatic rings. The predicted octanol–water partition coefficient (Wildman–Crippen LogP) is -0.207. The van der Waals surface area contributed by atoms with E-state index in [2.05, 4.69) is 5.32 Å². The number of hydrogen-bond donors (Lipinski definition) is 2. The zero-order valence-electron chi connectivity index (χ0n) is 8.71. The molecule has 0 aromatic carbocycles. The second-order valence-corrected chi connectivity index (χ2v) is 2.94. The molecule has 3 N–H and O–H groups in total. The van der Waals surface area contributed by atoms with Gasteiger partial charge in [0, 0.05) is 6.92 Å². The Labute approximate surface area is 84.0 Å². The molecule has 0 radical (unpaired) electrons. The van der Waals surface area contributed by atoms with E-state index in [1.807, 2.05) is 0 Å². The minimum absolute atomic E-state index is 0.236. The highest BCUT2D eigenvalue weighted by molar-refractivity contribution is 5.83. The number of rotatable bonds is 6. The first-order valence-electron chi connectivity index (χ1n) is 4.75. The smallest absolute Gasteiger partial charge is 0.328 e. The van der Waals surface area contributed by atoms with Crippen LogP contribution < -0.4 is 11.1 Å². The fourth-order valence-corrected chi connectivity index (χ4v) is 1.06. The van der Waals surface area contributed by atoms with Gasteiger partial charge >= 0.3 is 5.97 Å². The summed E-state index contributed by atoms with van der Waals surface area (Å²) in [5, 5.41) is 2.53. The lowest BCUT2D eigenvalue weighted by Crippen LogP contribution is -2.41. The highest BCUT2D eigenvalue weighted by Crippen LogP contribution is 1.99. The Balaban J connectivity index is 4.08. The Kier molecular flexibility index (Phi) is 6.74. The first-order valence-corrected chi connectivity index (χ1v) is 4.75. The molecule has 5 heteroatoms. The first-order chi connectivity index (χ1) is 6.61. The van der Waals surface area contributed by atoms with Crippen LogP contribution in [0, 0.1) is 0 Å². The molecule has 0 aromatic heterocycles. The van der Waals surface area contributed by atoms with E-state index in [9.17, 15) is 9.59 Å². The maximum Gasteiger partial charge on any atom is 0.328 e. The molecule has 0 unspecified atom stereocenters. The van der Waals surface area contributed by atoms with E-state index >= 15 is 0 Å². The molecule has 0 bridgehead atoms. The second kappa shape index (κ2) is 7.32. The molecule has 1 atom stereocenters. The van der Waals surface area contributed by atoms with E-state index in [1.54, 1.807) is 6.92 Å². The molecule has 0 aliphatic heterocycles. The van der Waals surface area contributed by atoms with Crippen molar-refractivity contribution in [3.05, 3.63) is 0 Å². The monoisotopic (exact) mass is 202 g/mol. The SMILES string of the molecule is CCOC(=O)[C@H](CCCN)NC(C)=O. The van der Waals surface area contributed by atoms with Crippen LogP contribution in [0.4, 0.5) is 0 Å². The van der Waals surface area contributed by atoms with Gasteiger partial charge in [0.25, 0.3) is 0 Å². The van der Waals surface area contributed by atoms with Crippen LogP contribution in [0.5, 0.6) is 0 Å². The van der Waals surface area contributed by atoms with Gasteiger partial charge in [-0.1, -0.05) is 0 Å². The summed E-state index contributed by atoms with van der Waals surface area (Å²) in [6.07, 6.45) is 1.21. The molecule has 0 saturated heterocycles. The Morgan fingerprint density at radius 2 is 2.14 bits per heavy atom. The van der Waals surface area contributed by atoms with Crippen molar-refractivity contribution in [2.45, 2.75) is 32.7 Å². The summed E-state index contributed by atoms with van der Waals surface area (Å²) in [7, 11) is 0. The van der Waals surface area contributed by atoms with Crippen LogP contribution in [-0.2, 0) is 14.3 Å². The van der Waals surface area contributed by atoms with Gasteiger partial charge < -0.3 is 15.8 Å². The van der Waals surface area contributed by atoms with E-state index in [0.29, 0.717) is 26.0 Å². The minimum Gasteiger partial charge on any atom is -0.464 e. The maximum atomic E-state index is 11.3. The van der Waals surface area contributed by atoms with Crippen molar-refractivity contribution in [3.63, 3.8) is 0 Å². The van der Waals surface area contributed by atoms with Gasteiger partial charge in [0.15, 0.2) is 0 Å². The Morgan fingerprint density at radius 3 is 2.57 bits per heavy atom. The van der Waals surface area contributed by atoms with Crippen LogP contribution in [0.2, 0.25) is 0 Å². The average molecular weight is 202 g/mol. The standard InChI is InChI=1S/C9H18N2O3/c1-3-14-9(13)8(5-4-6-10)11-7(2)12/h8H,3-6,10H2,1-2H3,(H,11,12)/t8-/m0/s1. The lowest BCUT2D eigenvalue weighted by Gasteiger charge is -2.15. The average Bonchev–Trinajstić information content (AvgIpc) is 2.12. The molecule has 1 amide bonds. The van der Waals surface area contributed by atoms with Crippen molar-refractivity contribution in [2.75, 3.05) is 13.2 Å². The summed E-state index contributed by atoms with van der Waals surface area (Å²) >= 11 is 0. The summed E-state index contributed by atoms with van der Waals surface area (Å²) in [5.41, 5.74) is 5.32. The third kappa shape index (κ3) is 5.53. The Bertz CT molecular complexity index is 194. The molecule has 5 nitrogen and oxygen atoms in total. The van der Waals surface area contributed by atoms with Gasteiger partial charge in [0.1, 0.15) is 6.04 Å². The Morgan fingerprint density at radius 1 is 1.50 bits per heavy atom. The largest absolute Gasteiger partial charge is 0.464 e. The maximum absolute atomic E-state index is 11.3. The van der Waals surface area contributed by atoms with Gasteiger partial charge in [-0.25, -0.2) is 4.79 Å². The van der Waals surface area contributed by atoms with Gasteiger partial charge in [-0.3, -0.25) is 4.79 Å². The number of carbonyl (C=O) groups is 2. The second-order valence-electron chi connectivity index (χ2n) is 2.94. The van der Waals surface area contributed by atoms with Crippen molar-refractivity contribution in [1.29, 1.82) is 0 Å². The van der Waals surface area contributed by atoms with Gasteiger partial charge in [-0.05, 0) is 26.3 Å². The quantitative estimate of drug-likeness (QED) is 0.584. The van der Waals surface area contributed by atoms with Gasteiger partial charge in [0.05, 0.1) is 6.61 Å². The van der Waals surface area contributed by atoms with E-state index in [-0.39, 0.29) is 5.91 Å². The highest BCUT2D eigenvalue weighted by atomic mass is 16.5. The normalized spacial score (nSPS) is 11.9. The zero-order chi connectivity index (χ0) is 11.0. The van der Waals surface area contributed by atoms with E-state index < -0.39 is 12.0 Å². The van der Waals surface area contributed by atoms with Crippen molar-refractivity contribution in [3.8, 4) is 0 Å². The molecule has 82 valence electrons. The van der Waals surface area contributed by atoms with Crippen molar-refractivity contribution >= 4 is 11.9 Å². The molecule has 0 spiro atoms. The van der Waals surface area contributed by atoms with E-state index in [4.69, 9.17) is 10.5 Å². The number of amides is 1. The van der Waals surface area contributed by atoms with Crippen molar-refractivity contribution in [2.24, 2.45) is 5.73 Å². The van der Waals surface area contributed by atoms with Gasteiger partial charge in [-0.15, -0.1) is 0 Å². The Hall–Kier alpha value is -1.10. The number of carbonyl (C=O) groups excluding carboxylic acids is 2. The molecular formula is C9H18N2O3. The van der Waals surface area contributed by atoms with Gasteiger partial charge in [-0.2, -0.15) is 0 Å². The van der Waals surface area contributed by atoms with E-state index in [0.717, 1.165) is 0 Å². The number of nitrogens with one attached hydrogen (secondary N) is 1. The number of ether oxygens (including phenoxy) is 1. The summed E-state index contributed by atoms with van der Waals surface area (Å²) in [4.78, 5) is 22.1. The van der Waals surface area contributed by atoms with Crippen LogP contribution in [0.1, 0.15) is 26.7 Å². The molecule has 0 rings (SSSR count). The predicted molar refractivity (Wildman–Crippen MR) is 52.5 cm³/mol. The molecule has 0 saturated carbocycles. The third-order valence-corrected chi connectivity index (χ3v) is 1.65. The van der Waals surface area contributed by atoms with Crippen molar-refractivity contribution < 1.29 is 14.3 Å². The molecule has 0 fully saturated rings. The van der Waals surface area contributed by atoms with Crippen molar-refractivity contribution in [1.82, 2.24) is 5.32 Å². The lowest BCUT2D eigenvalue weighted by molar-refractivity contribution is -0.147. The van der Waals surface area contributed by atoms with E-state index in [1.165, 1.54) is 6.92 Å². The topological polar surface area (TPSA) is 81.4 Å². The number of hydrogen-bond acceptors (Lipinski definition) is 4. The number of nitrogens with two attached hydrogens (primary N) is 1. The fraction of sp³-hybridized carbons (Fsp3) is 0.778. The first kappa shape index (κ1) is 12.9. The summed E-state index contributed by atoms with van der Waals surface area (Å²) < 4.78 is 4.81. The fourth-order valence-electron chi connectivity index (χ4n) is 1.06. The van der Waals surface area contributed by atoms with Crippen LogP contribution in [0.3, 0.4) is 0 Å². The minimum atomic E-state index is -0.559. The van der Waals surface area contributed by atoms with Crippen LogP contribution in [0.25, 0.3) is 0 Å². The molecule has 0 aliphatic carbocycles. The zero-order valence-corrected chi connectivity index (χ0v) is 8.71. The molecular weight excluding hydrogens is 184 g/mol. The summed E-state index contributed by atoms with van der Waals surface area (Å²) in [6.45, 7) is 3.91. The van der Waals surface area contributed by atoms with Crippen LogP contribution in [0.15, 0.2) is 0 Å². The molecule has 0 heterocycles. The van der Waals surface area contributed by atoms with Gasteiger partial charge in [0.2, 0.25) is 5.91 Å². The summed E-state index contributed by atoms with van der Waals surface area (Å²) in [5.74, 6) is -0.628. The number of esters is 1. The van der Waals surface area contributed by atoms with Crippen LogP contribution >= 0.6 is 0 Å². The molecule has 14 heavy (non-hydrogen) atoms. The summed E-state index contributed by atoms with van der Waals surface area (Å²) in [6, 6.07) is -0.559. The molecule has 0 aliphatic rings. The lowest BCUT2D eigenvalue weighted by atomic mass is 10.1.